The van der Waals surface area contributed by atoms with Crippen molar-refractivity contribution in [1.29, 1.82) is 0 Å². The third kappa shape index (κ3) is 1.22. The molecule has 2 heterocycles. The molecule has 0 aliphatic carbocycles. The first kappa shape index (κ1) is 9.35. The van der Waals surface area contributed by atoms with Crippen LogP contribution in [0.1, 0.15) is 0 Å². The molecule has 0 unspecified atom stereocenters. The molecule has 0 fully saturated rings. The molecule has 0 saturated carbocycles. The van der Waals surface area contributed by atoms with Crippen molar-refractivity contribution in [2.75, 3.05) is 7.11 Å². The highest BCUT2D eigenvalue weighted by Gasteiger charge is 2.08. The molecule has 0 radical (unpaired) electrons. The molecule has 0 aliphatic rings. The van der Waals surface area contributed by atoms with Gasteiger partial charge in [0.15, 0.2) is 10.8 Å². The van der Waals surface area contributed by atoms with Gasteiger partial charge in [0.25, 0.3) is 0 Å². The minimum atomic E-state index is 0.332. The summed E-state index contributed by atoms with van der Waals surface area (Å²) >= 11 is 6.00. The van der Waals surface area contributed by atoms with Gasteiger partial charge in [-0.25, -0.2) is 4.98 Å². The third-order valence-corrected chi connectivity index (χ3v) is 2.65. The molecule has 0 aliphatic heterocycles. The SMILES string of the molecule is COc1ccc2c(c1)nc(Cl)c1nncn12. The van der Waals surface area contributed by atoms with Crippen molar-refractivity contribution >= 4 is 28.3 Å². The van der Waals surface area contributed by atoms with E-state index in [0.29, 0.717) is 10.8 Å². The first-order valence-electron chi connectivity index (χ1n) is 4.62. The van der Waals surface area contributed by atoms with Crippen LogP contribution in [0.3, 0.4) is 0 Å². The van der Waals surface area contributed by atoms with Crippen LogP contribution < -0.4 is 4.74 Å². The summed E-state index contributed by atoms with van der Waals surface area (Å²) in [5.74, 6) is 0.739. The zero-order chi connectivity index (χ0) is 11.1. The molecular weight excluding hydrogens is 228 g/mol. The molecule has 0 amide bonds. The van der Waals surface area contributed by atoms with Gasteiger partial charge in [0.2, 0.25) is 0 Å². The number of rotatable bonds is 1. The first-order chi connectivity index (χ1) is 7.79. The Morgan fingerprint density at radius 1 is 1.38 bits per heavy atom. The van der Waals surface area contributed by atoms with Crippen LogP contribution in [0.2, 0.25) is 5.15 Å². The van der Waals surface area contributed by atoms with E-state index >= 15 is 0 Å². The van der Waals surface area contributed by atoms with Crippen LogP contribution in [0, 0.1) is 0 Å². The maximum absolute atomic E-state index is 6.00. The van der Waals surface area contributed by atoms with Gasteiger partial charge >= 0.3 is 0 Å². The number of hydrogen-bond donors (Lipinski definition) is 0. The Morgan fingerprint density at radius 2 is 2.25 bits per heavy atom. The lowest BCUT2D eigenvalue weighted by Gasteiger charge is -2.04. The Morgan fingerprint density at radius 3 is 3.06 bits per heavy atom. The van der Waals surface area contributed by atoms with Crippen LogP contribution in [0.15, 0.2) is 24.5 Å². The Labute approximate surface area is 95.6 Å². The lowest BCUT2D eigenvalue weighted by molar-refractivity contribution is 0.415. The maximum atomic E-state index is 6.00. The van der Waals surface area contributed by atoms with Crippen molar-refractivity contribution in [2.45, 2.75) is 0 Å². The van der Waals surface area contributed by atoms with Crippen molar-refractivity contribution in [2.24, 2.45) is 0 Å². The van der Waals surface area contributed by atoms with Crippen molar-refractivity contribution in [3.8, 4) is 5.75 Å². The monoisotopic (exact) mass is 234 g/mol. The summed E-state index contributed by atoms with van der Waals surface area (Å²) < 4.78 is 6.93. The second-order valence-corrected chi connectivity index (χ2v) is 3.64. The first-order valence-corrected chi connectivity index (χ1v) is 5.00. The molecule has 0 atom stereocenters. The molecule has 3 rings (SSSR count). The van der Waals surface area contributed by atoms with E-state index in [9.17, 15) is 0 Å². The zero-order valence-electron chi connectivity index (χ0n) is 8.38. The zero-order valence-corrected chi connectivity index (χ0v) is 9.14. The predicted molar refractivity (Wildman–Crippen MR) is 59.9 cm³/mol. The van der Waals surface area contributed by atoms with Gasteiger partial charge in [0, 0.05) is 6.07 Å². The molecule has 80 valence electrons. The molecule has 5 nitrogen and oxygen atoms in total. The number of hydrogen-bond acceptors (Lipinski definition) is 4. The van der Waals surface area contributed by atoms with Crippen LogP contribution in [0.25, 0.3) is 16.7 Å². The number of nitrogens with zero attached hydrogens (tertiary/aromatic N) is 4. The largest absolute Gasteiger partial charge is 0.497 e. The quantitative estimate of drug-likeness (QED) is 0.646. The van der Waals surface area contributed by atoms with E-state index in [1.165, 1.54) is 0 Å². The van der Waals surface area contributed by atoms with Gasteiger partial charge in [-0.1, -0.05) is 11.6 Å². The smallest absolute Gasteiger partial charge is 0.198 e. The van der Waals surface area contributed by atoms with E-state index in [2.05, 4.69) is 15.2 Å². The summed E-state index contributed by atoms with van der Waals surface area (Å²) in [6.45, 7) is 0. The predicted octanol–water partition coefficient (Wildman–Crippen LogP) is 1.94. The average Bonchev–Trinajstić information content (AvgIpc) is 2.78. The van der Waals surface area contributed by atoms with Crippen molar-refractivity contribution in [1.82, 2.24) is 19.6 Å². The van der Waals surface area contributed by atoms with Gasteiger partial charge < -0.3 is 4.74 Å². The molecule has 2 aromatic heterocycles. The van der Waals surface area contributed by atoms with Crippen LogP contribution >= 0.6 is 11.6 Å². The van der Waals surface area contributed by atoms with Gasteiger partial charge in [-0.3, -0.25) is 4.40 Å². The second kappa shape index (κ2) is 3.31. The molecule has 0 spiro atoms. The fraction of sp³-hybridized carbons (Fsp3) is 0.100. The number of fused-ring (bicyclic) bond motifs is 3. The summed E-state index contributed by atoms with van der Waals surface area (Å²) in [7, 11) is 1.61. The standard InChI is InChI=1S/C10H7ClN4O/c1-16-6-2-3-8-7(4-6)13-9(11)10-14-12-5-15(8)10/h2-5H,1H3. The summed E-state index contributed by atoms with van der Waals surface area (Å²) in [4.78, 5) is 4.25. The van der Waals surface area contributed by atoms with Crippen molar-refractivity contribution < 1.29 is 4.74 Å². The van der Waals surface area contributed by atoms with Gasteiger partial charge in [-0.15, -0.1) is 10.2 Å². The average molecular weight is 235 g/mol. The number of aromatic nitrogens is 4. The van der Waals surface area contributed by atoms with Gasteiger partial charge in [0.1, 0.15) is 12.1 Å². The summed E-state index contributed by atoms with van der Waals surface area (Å²) in [5.41, 5.74) is 2.20. The number of ether oxygens (including phenoxy) is 1. The Hall–Kier alpha value is -1.88. The van der Waals surface area contributed by atoms with E-state index in [1.807, 2.05) is 18.2 Å². The Balaban J connectivity index is 2.48. The highest BCUT2D eigenvalue weighted by molar-refractivity contribution is 6.32. The second-order valence-electron chi connectivity index (χ2n) is 3.28. The van der Waals surface area contributed by atoms with Crippen molar-refractivity contribution in [3.05, 3.63) is 29.7 Å². The van der Waals surface area contributed by atoms with E-state index in [4.69, 9.17) is 16.3 Å². The molecule has 3 aromatic rings. The highest BCUT2D eigenvalue weighted by atomic mass is 35.5. The number of halogens is 1. The number of methoxy groups -OCH3 is 1. The maximum Gasteiger partial charge on any atom is 0.198 e. The molecule has 0 bridgehead atoms. The lowest BCUT2D eigenvalue weighted by Crippen LogP contribution is -1.93. The minimum Gasteiger partial charge on any atom is -0.497 e. The topological polar surface area (TPSA) is 52.3 Å². The van der Waals surface area contributed by atoms with E-state index in [-0.39, 0.29) is 0 Å². The third-order valence-electron chi connectivity index (χ3n) is 2.39. The molecule has 16 heavy (non-hydrogen) atoms. The van der Waals surface area contributed by atoms with Crippen LogP contribution in [-0.2, 0) is 0 Å². The van der Waals surface area contributed by atoms with Gasteiger partial charge in [-0.05, 0) is 12.1 Å². The van der Waals surface area contributed by atoms with E-state index in [0.717, 1.165) is 16.8 Å². The van der Waals surface area contributed by atoms with Crippen molar-refractivity contribution in [3.63, 3.8) is 0 Å². The summed E-state index contributed by atoms with van der Waals surface area (Å²) in [5, 5.41) is 8.04. The van der Waals surface area contributed by atoms with E-state index < -0.39 is 0 Å². The molecule has 6 heteroatoms. The molecule has 0 saturated heterocycles. The Bertz CT molecular complexity index is 679. The van der Waals surface area contributed by atoms with Gasteiger partial charge in [-0.2, -0.15) is 0 Å². The fourth-order valence-corrected chi connectivity index (χ4v) is 1.85. The van der Waals surface area contributed by atoms with Crippen LogP contribution in [-0.4, -0.2) is 26.7 Å². The minimum absolute atomic E-state index is 0.332. The summed E-state index contributed by atoms with van der Waals surface area (Å²) in [6.07, 6.45) is 1.61. The van der Waals surface area contributed by atoms with Crippen LogP contribution in [0.5, 0.6) is 5.75 Å². The summed E-state index contributed by atoms with van der Waals surface area (Å²) in [6, 6.07) is 5.58. The lowest BCUT2D eigenvalue weighted by atomic mass is 10.3. The van der Waals surface area contributed by atoms with Crippen LogP contribution in [0.4, 0.5) is 0 Å². The number of benzene rings is 1. The van der Waals surface area contributed by atoms with E-state index in [1.54, 1.807) is 17.8 Å². The molecular formula is C10H7ClN4O. The molecule has 1 aromatic carbocycles. The Kier molecular flexibility index (Phi) is 1.94. The fourth-order valence-electron chi connectivity index (χ4n) is 1.63. The highest BCUT2D eigenvalue weighted by Crippen LogP contribution is 2.23. The molecule has 0 N–H and O–H groups in total. The van der Waals surface area contributed by atoms with Gasteiger partial charge in [0.05, 0.1) is 18.1 Å². The normalized spacial score (nSPS) is 11.1.